The van der Waals surface area contributed by atoms with Crippen molar-refractivity contribution in [2.75, 3.05) is 56.6 Å². The molecule has 0 aliphatic carbocycles. The van der Waals surface area contributed by atoms with Gasteiger partial charge >= 0.3 is 6.03 Å². The number of nitrogens with zero attached hydrogens (tertiary/aromatic N) is 4. The Morgan fingerprint density at radius 3 is 2.49 bits per heavy atom. The number of halogens is 1. The maximum Gasteiger partial charge on any atom is 0.322 e. The molecule has 3 rings (SSSR count). The first-order chi connectivity index (χ1) is 18.9. The number of amides is 2. The van der Waals surface area contributed by atoms with E-state index in [0.29, 0.717) is 48.6 Å². The minimum Gasteiger partial charge on any atom is -0.351 e. The molecule has 0 bridgehead atoms. The van der Waals surface area contributed by atoms with Crippen LogP contribution in [0.3, 0.4) is 0 Å². The first kappa shape index (κ1) is 29.8. The van der Waals surface area contributed by atoms with E-state index in [1.54, 1.807) is 11.0 Å². The zero-order valence-electron chi connectivity index (χ0n) is 23.0. The summed E-state index contributed by atoms with van der Waals surface area (Å²) < 4.78 is 26.5. The second-order valence-electron chi connectivity index (χ2n) is 8.66. The van der Waals surface area contributed by atoms with Gasteiger partial charge in [-0.2, -0.15) is 0 Å². The van der Waals surface area contributed by atoms with Crippen LogP contribution in [0.15, 0.2) is 42.7 Å². The van der Waals surface area contributed by atoms with Crippen LogP contribution in [0.2, 0.25) is 0 Å². The Hall–Kier alpha value is -3.78. The molecule has 2 N–H and O–H groups in total. The van der Waals surface area contributed by atoms with E-state index in [0.717, 1.165) is 18.8 Å². The van der Waals surface area contributed by atoms with Gasteiger partial charge in [-0.05, 0) is 51.2 Å². The Morgan fingerprint density at radius 1 is 1.08 bits per heavy atom. The molecule has 9 nitrogen and oxygen atoms in total. The third kappa shape index (κ3) is 8.35. The lowest BCUT2D eigenvalue weighted by Gasteiger charge is -2.29. The zero-order chi connectivity index (χ0) is 28.2. The van der Waals surface area contributed by atoms with Gasteiger partial charge in [-0.3, -0.25) is 0 Å². The van der Waals surface area contributed by atoms with Gasteiger partial charge in [0.25, 0.3) is 0 Å². The highest BCUT2D eigenvalue weighted by Gasteiger charge is 2.22. The number of hydrogen-bond acceptors (Lipinski definition) is 7. The molecule has 2 aromatic carbocycles. The monoisotopic (exact) mass is 536 g/mol. The van der Waals surface area contributed by atoms with E-state index in [2.05, 4.69) is 45.3 Å². The topological polar surface area (TPSA) is 91.8 Å². The maximum absolute atomic E-state index is 15.1. The molecule has 0 unspecified atom stereocenters. The van der Waals surface area contributed by atoms with Crippen LogP contribution < -0.4 is 10.6 Å². The van der Waals surface area contributed by atoms with Crippen LogP contribution in [0.4, 0.5) is 26.4 Å². The summed E-state index contributed by atoms with van der Waals surface area (Å²) in [6, 6.07) is 9.65. The van der Waals surface area contributed by atoms with E-state index in [1.807, 2.05) is 32.0 Å². The van der Waals surface area contributed by atoms with Gasteiger partial charge in [0.2, 0.25) is 0 Å². The second-order valence-corrected chi connectivity index (χ2v) is 8.66. The molecule has 1 aromatic heterocycles. The summed E-state index contributed by atoms with van der Waals surface area (Å²) in [6.45, 7) is 11.7. The van der Waals surface area contributed by atoms with Crippen molar-refractivity contribution in [1.82, 2.24) is 19.8 Å². The second kappa shape index (κ2) is 15.0. The summed E-state index contributed by atoms with van der Waals surface area (Å²) in [7, 11) is 0. The molecule has 10 heteroatoms. The van der Waals surface area contributed by atoms with Crippen molar-refractivity contribution < 1.29 is 18.7 Å². The average molecular weight is 537 g/mol. The van der Waals surface area contributed by atoms with E-state index in [4.69, 9.17) is 15.9 Å². The van der Waals surface area contributed by atoms with E-state index < -0.39 is 18.1 Å². The lowest BCUT2D eigenvalue weighted by molar-refractivity contribution is -0.142. The van der Waals surface area contributed by atoms with Crippen LogP contribution in [0.25, 0.3) is 10.9 Å². The van der Waals surface area contributed by atoms with E-state index in [-0.39, 0.29) is 12.2 Å². The van der Waals surface area contributed by atoms with Crippen molar-refractivity contribution in [3.8, 4) is 12.3 Å². The Labute approximate surface area is 229 Å². The molecule has 208 valence electrons. The number of hydrogen-bond donors (Lipinski definition) is 2. The van der Waals surface area contributed by atoms with Crippen molar-refractivity contribution >= 4 is 34.1 Å². The number of rotatable bonds is 14. The van der Waals surface area contributed by atoms with Crippen LogP contribution in [-0.2, 0) is 9.47 Å². The molecule has 0 saturated heterocycles. The molecule has 2 amide bonds. The van der Waals surface area contributed by atoms with E-state index in [9.17, 15) is 4.79 Å². The van der Waals surface area contributed by atoms with Crippen molar-refractivity contribution in [2.24, 2.45) is 0 Å². The Kier molecular flexibility index (Phi) is 11.4. The molecule has 1 heterocycles. The quantitative estimate of drug-likeness (QED) is 0.220. The molecule has 0 aliphatic rings. The lowest BCUT2D eigenvalue weighted by atomic mass is 10.1. The number of aromatic nitrogens is 2. The molecular formula is C29H37FN6O3. The van der Waals surface area contributed by atoms with Crippen LogP contribution >= 0.6 is 0 Å². The first-order valence-corrected chi connectivity index (χ1v) is 13.2. The number of ether oxygens (including phenoxy) is 2. The highest BCUT2D eigenvalue weighted by molar-refractivity contribution is 5.97. The average Bonchev–Trinajstić information content (AvgIpc) is 2.94. The molecular weight excluding hydrogens is 499 g/mol. The number of benzene rings is 2. The Balaban J connectivity index is 1.88. The van der Waals surface area contributed by atoms with Crippen LogP contribution in [0, 0.1) is 18.2 Å². The SMILES string of the molecule is C#Cc1cccc(Nc2ncnc3cc(F)c(NC(=O)N(CCN(CC)CC)CC(OCC)OCC)cc23)c1. The molecule has 0 aliphatic heterocycles. The standard InChI is InChI=1S/C29H37FN6O3/c1-6-21-12-11-13-22(16-21)33-28-23-17-26(24(30)18-25(23)31-20-32-28)34-29(37)36(15-14-35(7-2)8-3)19-27(38-9-4)39-10-5/h1,11-13,16-18,20,27H,7-10,14-15,19H2,2-5H3,(H,34,37)(H,31,32,33). The minimum atomic E-state index is -0.607. The van der Waals surface area contributed by atoms with Gasteiger partial charge in [0.15, 0.2) is 6.29 Å². The van der Waals surface area contributed by atoms with Gasteiger partial charge in [-0.1, -0.05) is 25.8 Å². The summed E-state index contributed by atoms with van der Waals surface area (Å²) in [5.74, 6) is 2.45. The number of anilines is 3. The van der Waals surface area contributed by atoms with E-state index in [1.165, 1.54) is 18.5 Å². The van der Waals surface area contributed by atoms with Crippen molar-refractivity contribution in [1.29, 1.82) is 0 Å². The largest absolute Gasteiger partial charge is 0.351 e. The highest BCUT2D eigenvalue weighted by atomic mass is 19.1. The zero-order valence-corrected chi connectivity index (χ0v) is 23.0. The van der Waals surface area contributed by atoms with Crippen molar-refractivity contribution in [3.63, 3.8) is 0 Å². The number of carbonyl (C=O) groups is 1. The third-order valence-corrected chi connectivity index (χ3v) is 6.20. The summed E-state index contributed by atoms with van der Waals surface area (Å²) in [4.78, 5) is 25.8. The molecule has 39 heavy (non-hydrogen) atoms. The van der Waals surface area contributed by atoms with Crippen molar-refractivity contribution in [3.05, 3.63) is 54.1 Å². The summed E-state index contributed by atoms with van der Waals surface area (Å²) in [6.07, 6.45) is 6.28. The number of urea groups is 1. The summed E-state index contributed by atoms with van der Waals surface area (Å²) in [5, 5.41) is 6.49. The fraction of sp³-hybridized carbons (Fsp3) is 0.414. The fourth-order valence-electron chi connectivity index (χ4n) is 4.07. The number of terminal acetylenes is 1. The van der Waals surface area contributed by atoms with Gasteiger partial charge in [0.1, 0.15) is 18.0 Å². The van der Waals surface area contributed by atoms with Crippen molar-refractivity contribution in [2.45, 2.75) is 34.0 Å². The molecule has 0 radical (unpaired) electrons. The fourth-order valence-corrected chi connectivity index (χ4v) is 4.07. The van der Waals surface area contributed by atoms with Gasteiger partial charge in [-0.25, -0.2) is 19.2 Å². The number of carbonyl (C=O) groups excluding carboxylic acids is 1. The normalized spacial score (nSPS) is 11.1. The summed E-state index contributed by atoms with van der Waals surface area (Å²) >= 11 is 0. The molecule has 3 aromatic rings. The highest BCUT2D eigenvalue weighted by Crippen LogP contribution is 2.28. The van der Waals surface area contributed by atoms with Gasteiger partial charge in [0, 0.05) is 49.0 Å². The predicted octanol–water partition coefficient (Wildman–Crippen LogP) is 5.07. The Morgan fingerprint density at radius 2 is 1.82 bits per heavy atom. The molecule has 0 spiro atoms. The van der Waals surface area contributed by atoms with Gasteiger partial charge < -0.3 is 29.9 Å². The molecule has 0 saturated carbocycles. The number of likely N-dealkylation sites (N-methyl/N-ethyl adjacent to an activating group) is 1. The van der Waals surface area contributed by atoms with Crippen LogP contribution in [0.5, 0.6) is 0 Å². The van der Waals surface area contributed by atoms with Crippen LogP contribution in [-0.4, -0.2) is 78.0 Å². The number of nitrogens with one attached hydrogen (secondary N) is 2. The third-order valence-electron chi connectivity index (χ3n) is 6.20. The van der Waals surface area contributed by atoms with E-state index >= 15 is 4.39 Å². The molecule has 0 atom stereocenters. The van der Waals surface area contributed by atoms with Gasteiger partial charge in [0.05, 0.1) is 17.7 Å². The predicted molar refractivity (Wildman–Crippen MR) is 153 cm³/mol. The first-order valence-electron chi connectivity index (χ1n) is 13.2. The summed E-state index contributed by atoms with van der Waals surface area (Å²) in [5.41, 5.74) is 1.84. The smallest absolute Gasteiger partial charge is 0.322 e. The lowest BCUT2D eigenvalue weighted by Crippen LogP contribution is -2.45. The van der Waals surface area contributed by atoms with Gasteiger partial charge in [-0.15, -0.1) is 6.42 Å². The molecule has 0 fully saturated rings. The van der Waals surface area contributed by atoms with Crippen LogP contribution in [0.1, 0.15) is 33.3 Å². The maximum atomic E-state index is 15.1. The minimum absolute atomic E-state index is 0.0138. The number of fused-ring (bicyclic) bond motifs is 1. The Bertz CT molecular complexity index is 1270.